The van der Waals surface area contributed by atoms with Gasteiger partial charge in [-0.25, -0.2) is 0 Å². The molecule has 2 rings (SSSR count). The first-order valence-electron chi connectivity index (χ1n) is 4.74. The molecule has 2 aromatic rings. The molecule has 2 nitrogen and oxygen atoms in total. The Morgan fingerprint density at radius 1 is 1.00 bits per heavy atom. The van der Waals surface area contributed by atoms with Gasteiger partial charge in [-0.1, -0.05) is 36.4 Å². The van der Waals surface area contributed by atoms with Crippen LogP contribution < -0.4 is 34.3 Å². The second-order valence-electron chi connectivity index (χ2n) is 3.22. The number of hydrogen-bond donors (Lipinski definition) is 1. The van der Waals surface area contributed by atoms with Gasteiger partial charge >= 0.3 is 29.6 Å². The van der Waals surface area contributed by atoms with E-state index in [1.807, 2.05) is 36.4 Å². The number of phenols is 1. The Bertz CT molecular complexity index is 460. The normalized spacial score (nSPS) is 9.31. The van der Waals surface area contributed by atoms with Crippen molar-refractivity contribution in [3.05, 3.63) is 48.5 Å². The Morgan fingerprint density at radius 3 is 2.31 bits per heavy atom. The molecule has 0 aliphatic carbocycles. The molecule has 16 heavy (non-hydrogen) atoms. The molecule has 0 saturated heterocycles. The Labute approximate surface area is 119 Å². The molecule has 0 heterocycles. The molecule has 1 N–H and O–H groups in total. The summed E-state index contributed by atoms with van der Waals surface area (Å²) in [6.07, 6.45) is 0. The molecule has 0 amide bonds. The van der Waals surface area contributed by atoms with Crippen LogP contribution in [0.2, 0.25) is 0 Å². The first-order valence-corrected chi connectivity index (χ1v) is 4.74. The first-order chi connectivity index (χ1) is 7.33. The number of aromatic hydroxyl groups is 1. The van der Waals surface area contributed by atoms with Gasteiger partial charge < -0.3 is 11.3 Å². The van der Waals surface area contributed by atoms with Gasteiger partial charge in [-0.3, -0.25) is 0 Å². The number of hydrogen-bond acceptors (Lipinski definition) is 2. The number of phenolic OH excluding ortho intramolecular Hbond substituents is 1. The Balaban J connectivity index is 0.00000128. The second-order valence-corrected chi connectivity index (χ2v) is 3.22. The van der Waals surface area contributed by atoms with Gasteiger partial charge in [-0.2, -0.15) is 0 Å². The van der Waals surface area contributed by atoms with Gasteiger partial charge in [0.15, 0.2) is 0 Å². The van der Waals surface area contributed by atoms with Crippen molar-refractivity contribution in [3.63, 3.8) is 0 Å². The minimum Gasteiger partial charge on any atom is -1.00 e. The van der Waals surface area contributed by atoms with Crippen LogP contribution in [0.1, 0.15) is 1.43 Å². The zero-order valence-electron chi connectivity index (χ0n) is 10.5. The van der Waals surface area contributed by atoms with Gasteiger partial charge in [0.05, 0.1) is 12.7 Å². The maximum Gasteiger partial charge on any atom is 1.00 e. The monoisotopic (exact) mass is 224 g/mol. The SMILES string of the molecule is COc1cccc(O)c1-c1ccccc1.[H-].[Na+]. The molecule has 0 unspecified atom stereocenters. The van der Waals surface area contributed by atoms with E-state index in [-0.39, 0.29) is 36.7 Å². The molecule has 0 aromatic heterocycles. The number of methoxy groups -OCH3 is 1. The summed E-state index contributed by atoms with van der Waals surface area (Å²) in [6, 6.07) is 14.9. The maximum atomic E-state index is 9.80. The van der Waals surface area contributed by atoms with Gasteiger partial charge in [0, 0.05) is 0 Å². The standard InChI is InChI=1S/C13H12O2.Na.H/c1-15-12-9-5-8-11(14)13(12)10-6-3-2-4-7-10;;/h2-9,14H,1H3;;/q;+1;-1. The number of ether oxygens (including phenoxy) is 1. The second kappa shape index (κ2) is 5.94. The van der Waals surface area contributed by atoms with E-state index in [9.17, 15) is 5.11 Å². The predicted octanol–water partition coefficient (Wildman–Crippen LogP) is 0.184. The molecule has 0 bridgehead atoms. The molecule has 0 aliphatic heterocycles. The van der Waals surface area contributed by atoms with Crippen molar-refractivity contribution < 1.29 is 40.8 Å². The summed E-state index contributed by atoms with van der Waals surface area (Å²) in [7, 11) is 1.60. The summed E-state index contributed by atoms with van der Waals surface area (Å²) < 4.78 is 5.22. The van der Waals surface area contributed by atoms with Crippen molar-refractivity contribution >= 4 is 0 Å². The van der Waals surface area contributed by atoms with E-state index in [4.69, 9.17) is 4.74 Å². The van der Waals surface area contributed by atoms with Gasteiger partial charge in [-0.15, -0.1) is 0 Å². The third-order valence-corrected chi connectivity index (χ3v) is 2.29. The van der Waals surface area contributed by atoms with E-state index in [0.29, 0.717) is 5.75 Å². The van der Waals surface area contributed by atoms with E-state index in [1.165, 1.54) is 0 Å². The van der Waals surface area contributed by atoms with Crippen LogP contribution in [0.25, 0.3) is 11.1 Å². The zero-order chi connectivity index (χ0) is 10.7. The molecule has 3 heteroatoms. The Kier molecular flexibility index (Phi) is 4.87. The topological polar surface area (TPSA) is 29.5 Å². The Morgan fingerprint density at radius 2 is 1.69 bits per heavy atom. The zero-order valence-corrected chi connectivity index (χ0v) is 11.5. The molecule has 0 aliphatic rings. The van der Waals surface area contributed by atoms with Crippen LogP contribution in [0.3, 0.4) is 0 Å². The first kappa shape index (κ1) is 13.1. The fraction of sp³-hybridized carbons (Fsp3) is 0.0769. The summed E-state index contributed by atoms with van der Waals surface area (Å²) in [5.74, 6) is 0.918. The van der Waals surface area contributed by atoms with Crippen molar-refractivity contribution in [2.75, 3.05) is 7.11 Å². The van der Waals surface area contributed by atoms with Crippen LogP contribution in [0.4, 0.5) is 0 Å². The third-order valence-electron chi connectivity index (χ3n) is 2.29. The van der Waals surface area contributed by atoms with Crippen molar-refractivity contribution in [1.29, 1.82) is 0 Å². The van der Waals surface area contributed by atoms with Gasteiger partial charge in [0.1, 0.15) is 11.5 Å². The molecule has 78 valence electrons. The minimum absolute atomic E-state index is 0. The van der Waals surface area contributed by atoms with Crippen LogP contribution in [0.15, 0.2) is 48.5 Å². The van der Waals surface area contributed by atoms with Gasteiger partial charge in [-0.05, 0) is 17.7 Å². The summed E-state index contributed by atoms with van der Waals surface area (Å²) in [5.41, 5.74) is 1.69. The molecule has 0 radical (unpaired) electrons. The predicted molar refractivity (Wildman–Crippen MR) is 61.2 cm³/mol. The maximum absolute atomic E-state index is 9.80. The fourth-order valence-electron chi connectivity index (χ4n) is 1.58. The number of benzene rings is 2. The molecule has 0 fully saturated rings. The molecule has 0 spiro atoms. The summed E-state index contributed by atoms with van der Waals surface area (Å²) in [4.78, 5) is 0. The molecular weight excluding hydrogens is 211 g/mol. The van der Waals surface area contributed by atoms with Crippen LogP contribution in [-0.4, -0.2) is 12.2 Å². The van der Waals surface area contributed by atoms with Gasteiger partial charge in [0.25, 0.3) is 0 Å². The molecule has 0 saturated carbocycles. The van der Waals surface area contributed by atoms with E-state index >= 15 is 0 Å². The molecular formula is C13H13NaO2. The van der Waals surface area contributed by atoms with Crippen LogP contribution in [0, 0.1) is 0 Å². The molecule has 0 atom stereocenters. The summed E-state index contributed by atoms with van der Waals surface area (Å²) in [6.45, 7) is 0. The van der Waals surface area contributed by atoms with E-state index in [1.54, 1.807) is 19.2 Å². The van der Waals surface area contributed by atoms with E-state index in [0.717, 1.165) is 11.1 Å². The van der Waals surface area contributed by atoms with Crippen molar-refractivity contribution in [1.82, 2.24) is 0 Å². The van der Waals surface area contributed by atoms with Gasteiger partial charge in [0.2, 0.25) is 0 Å². The van der Waals surface area contributed by atoms with Crippen LogP contribution in [0.5, 0.6) is 11.5 Å². The minimum atomic E-state index is 0. The Hall–Kier alpha value is -0.960. The van der Waals surface area contributed by atoms with Crippen molar-refractivity contribution in [2.24, 2.45) is 0 Å². The van der Waals surface area contributed by atoms with Crippen molar-refractivity contribution in [3.8, 4) is 22.6 Å². The van der Waals surface area contributed by atoms with E-state index in [2.05, 4.69) is 0 Å². The fourth-order valence-corrected chi connectivity index (χ4v) is 1.58. The summed E-state index contributed by atoms with van der Waals surface area (Å²) >= 11 is 0. The van der Waals surface area contributed by atoms with Crippen LogP contribution >= 0.6 is 0 Å². The summed E-state index contributed by atoms with van der Waals surface area (Å²) in [5, 5.41) is 9.80. The number of rotatable bonds is 2. The average molecular weight is 224 g/mol. The third kappa shape index (κ3) is 2.59. The molecule has 2 aromatic carbocycles. The smallest absolute Gasteiger partial charge is 1.00 e. The van der Waals surface area contributed by atoms with Crippen LogP contribution in [-0.2, 0) is 0 Å². The van der Waals surface area contributed by atoms with Crippen molar-refractivity contribution in [2.45, 2.75) is 0 Å². The quantitative estimate of drug-likeness (QED) is 0.738. The largest absolute Gasteiger partial charge is 1.00 e. The van der Waals surface area contributed by atoms with E-state index < -0.39 is 0 Å². The average Bonchev–Trinajstić information content (AvgIpc) is 2.29.